The van der Waals surface area contributed by atoms with E-state index in [1.165, 1.54) is 0 Å². The van der Waals surface area contributed by atoms with Crippen LogP contribution in [0.2, 0.25) is 0 Å². The lowest BCUT2D eigenvalue weighted by Gasteiger charge is -2.26. The van der Waals surface area contributed by atoms with E-state index in [1.807, 2.05) is 24.3 Å². The molecular formula is C16H21N5O2. The molecule has 0 bridgehead atoms. The number of hydrogen-bond donors (Lipinski definition) is 2. The normalized spacial score (nSPS) is 16.3. The fourth-order valence-corrected chi connectivity index (χ4v) is 2.46. The highest BCUT2D eigenvalue weighted by molar-refractivity contribution is 5.40. The first-order valence-electron chi connectivity index (χ1n) is 7.84. The Morgan fingerprint density at radius 2 is 2.09 bits per heavy atom. The third-order valence-corrected chi connectivity index (χ3v) is 3.60. The van der Waals surface area contributed by atoms with Crippen molar-refractivity contribution in [3.8, 4) is 11.5 Å². The Bertz CT molecular complexity index is 637. The zero-order valence-electron chi connectivity index (χ0n) is 12.9. The number of benzene rings is 1. The van der Waals surface area contributed by atoms with Gasteiger partial charge in [0.1, 0.15) is 12.7 Å². The van der Waals surface area contributed by atoms with Crippen LogP contribution in [0.5, 0.6) is 11.5 Å². The van der Waals surface area contributed by atoms with Gasteiger partial charge in [-0.1, -0.05) is 12.1 Å². The van der Waals surface area contributed by atoms with Crippen molar-refractivity contribution in [2.75, 3.05) is 25.4 Å². The largest absolute Gasteiger partial charge is 0.486 e. The van der Waals surface area contributed by atoms with Gasteiger partial charge in [-0.3, -0.25) is 0 Å². The number of rotatable bonds is 7. The second-order valence-corrected chi connectivity index (χ2v) is 5.46. The predicted octanol–water partition coefficient (Wildman–Crippen LogP) is 1.21. The van der Waals surface area contributed by atoms with Crippen molar-refractivity contribution in [2.24, 2.45) is 0 Å². The van der Waals surface area contributed by atoms with Crippen molar-refractivity contribution >= 4 is 5.95 Å². The van der Waals surface area contributed by atoms with Crippen LogP contribution in [0.25, 0.3) is 0 Å². The standard InChI is InChI=1S/C16H21N5O2/c17-16-20-12(9-19-21-16)5-3-4-8-18-10-13-11-22-14-6-1-2-7-15(14)23-13/h1-2,6-7,9,13,18H,3-5,8,10-11H2,(H2,17,20,21). The number of nitrogens with zero attached hydrogens (tertiary/aromatic N) is 3. The molecular weight excluding hydrogens is 294 g/mol. The van der Waals surface area contributed by atoms with E-state index in [4.69, 9.17) is 15.2 Å². The minimum Gasteiger partial charge on any atom is -0.486 e. The number of unbranched alkanes of at least 4 members (excludes halogenated alkanes) is 1. The number of para-hydroxylation sites is 2. The molecule has 1 unspecified atom stereocenters. The Morgan fingerprint density at radius 3 is 2.96 bits per heavy atom. The van der Waals surface area contributed by atoms with Crippen LogP contribution >= 0.6 is 0 Å². The van der Waals surface area contributed by atoms with Crippen molar-refractivity contribution < 1.29 is 9.47 Å². The van der Waals surface area contributed by atoms with Crippen LogP contribution in [0.4, 0.5) is 5.95 Å². The predicted molar refractivity (Wildman–Crippen MR) is 86.4 cm³/mol. The molecule has 7 nitrogen and oxygen atoms in total. The van der Waals surface area contributed by atoms with Gasteiger partial charge in [-0.25, -0.2) is 4.98 Å². The topological polar surface area (TPSA) is 95.2 Å². The van der Waals surface area contributed by atoms with E-state index in [1.54, 1.807) is 6.20 Å². The minimum absolute atomic E-state index is 0.0516. The average molecular weight is 315 g/mol. The van der Waals surface area contributed by atoms with E-state index in [0.717, 1.165) is 49.5 Å². The summed E-state index contributed by atoms with van der Waals surface area (Å²) in [7, 11) is 0. The van der Waals surface area contributed by atoms with E-state index < -0.39 is 0 Å². The molecule has 0 amide bonds. The lowest BCUT2D eigenvalue weighted by Crippen LogP contribution is -2.38. The van der Waals surface area contributed by atoms with Crippen LogP contribution in [0, 0.1) is 0 Å². The smallest absolute Gasteiger partial charge is 0.240 e. The molecule has 2 aromatic rings. The number of fused-ring (bicyclic) bond motifs is 1. The van der Waals surface area contributed by atoms with Gasteiger partial charge in [-0.05, 0) is 37.9 Å². The van der Waals surface area contributed by atoms with Crippen molar-refractivity contribution in [1.29, 1.82) is 0 Å². The summed E-state index contributed by atoms with van der Waals surface area (Å²) >= 11 is 0. The number of nitrogens with two attached hydrogens (primary N) is 1. The maximum absolute atomic E-state index is 5.89. The summed E-state index contributed by atoms with van der Waals surface area (Å²) in [6, 6.07) is 7.75. The van der Waals surface area contributed by atoms with E-state index in [9.17, 15) is 0 Å². The van der Waals surface area contributed by atoms with E-state index >= 15 is 0 Å². The minimum atomic E-state index is 0.0516. The Balaban J connectivity index is 1.30. The molecule has 3 rings (SSSR count). The first-order valence-corrected chi connectivity index (χ1v) is 7.84. The van der Waals surface area contributed by atoms with Crippen LogP contribution in [0.15, 0.2) is 30.5 Å². The van der Waals surface area contributed by atoms with Crippen LogP contribution < -0.4 is 20.5 Å². The zero-order valence-corrected chi connectivity index (χ0v) is 12.9. The number of hydrogen-bond acceptors (Lipinski definition) is 7. The Labute approximate surface area is 135 Å². The van der Waals surface area contributed by atoms with Crippen molar-refractivity contribution in [1.82, 2.24) is 20.5 Å². The van der Waals surface area contributed by atoms with Gasteiger partial charge >= 0.3 is 0 Å². The van der Waals surface area contributed by atoms with Crippen molar-refractivity contribution in [3.05, 3.63) is 36.2 Å². The lowest BCUT2D eigenvalue weighted by atomic mass is 10.2. The highest BCUT2D eigenvalue weighted by Crippen LogP contribution is 2.30. The summed E-state index contributed by atoms with van der Waals surface area (Å²) in [6.45, 7) is 2.28. The molecule has 0 saturated carbocycles. The first-order chi connectivity index (χ1) is 11.3. The van der Waals surface area contributed by atoms with Crippen LogP contribution in [-0.2, 0) is 6.42 Å². The SMILES string of the molecule is Nc1nncc(CCCCNCC2COc3ccccc3O2)n1. The van der Waals surface area contributed by atoms with Gasteiger partial charge in [0, 0.05) is 6.54 Å². The summed E-state index contributed by atoms with van der Waals surface area (Å²) < 4.78 is 11.6. The van der Waals surface area contributed by atoms with Crippen molar-refractivity contribution in [3.63, 3.8) is 0 Å². The molecule has 1 atom stereocenters. The van der Waals surface area contributed by atoms with Crippen molar-refractivity contribution in [2.45, 2.75) is 25.4 Å². The van der Waals surface area contributed by atoms with Crippen LogP contribution in [0.1, 0.15) is 18.5 Å². The lowest BCUT2D eigenvalue weighted by molar-refractivity contribution is 0.0905. The zero-order chi connectivity index (χ0) is 15.9. The molecule has 7 heteroatoms. The summed E-state index contributed by atoms with van der Waals surface area (Å²) in [4.78, 5) is 4.13. The number of anilines is 1. The summed E-state index contributed by atoms with van der Waals surface area (Å²) in [6.07, 6.45) is 4.65. The summed E-state index contributed by atoms with van der Waals surface area (Å²) in [5.74, 6) is 1.87. The molecule has 1 aromatic heterocycles. The second-order valence-electron chi connectivity index (χ2n) is 5.46. The maximum atomic E-state index is 5.89. The third kappa shape index (κ3) is 4.53. The molecule has 23 heavy (non-hydrogen) atoms. The van der Waals surface area contributed by atoms with Gasteiger partial charge in [-0.15, -0.1) is 5.10 Å². The van der Waals surface area contributed by atoms with E-state index in [0.29, 0.717) is 6.61 Å². The molecule has 0 aliphatic carbocycles. The molecule has 122 valence electrons. The molecule has 1 aliphatic heterocycles. The number of aromatic nitrogens is 3. The van der Waals surface area contributed by atoms with Gasteiger partial charge in [0.25, 0.3) is 0 Å². The highest BCUT2D eigenvalue weighted by Gasteiger charge is 2.19. The number of nitrogens with one attached hydrogen (secondary N) is 1. The monoisotopic (exact) mass is 315 g/mol. The average Bonchev–Trinajstić information content (AvgIpc) is 2.58. The Hall–Kier alpha value is -2.41. The molecule has 2 heterocycles. The molecule has 3 N–H and O–H groups in total. The Morgan fingerprint density at radius 1 is 1.22 bits per heavy atom. The molecule has 0 spiro atoms. The van der Waals surface area contributed by atoms with Gasteiger partial charge in [0.15, 0.2) is 11.5 Å². The maximum Gasteiger partial charge on any atom is 0.240 e. The Kier molecular flexibility index (Phi) is 5.21. The molecule has 1 aromatic carbocycles. The highest BCUT2D eigenvalue weighted by atomic mass is 16.6. The molecule has 0 radical (unpaired) electrons. The quantitative estimate of drug-likeness (QED) is 0.741. The second kappa shape index (κ2) is 7.73. The van der Waals surface area contributed by atoms with Gasteiger partial charge in [0.2, 0.25) is 5.95 Å². The first kappa shape index (κ1) is 15.5. The number of aryl methyl sites for hydroxylation is 1. The number of nitrogen functional groups attached to an aromatic ring is 1. The summed E-state index contributed by atoms with van der Waals surface area (Å²) in [5, 5.41) is 10.8. The van der Waals surface area contributed by atoms with Gasteiger partial charge < -0.3 is 20.5 Å². The summed E-state index contributed by atoms with van der Waals surface area (Å²) in [5.41, 5.74) is 6.39. The van der Waals surface area contributed by atoms with E-state index in [-0.39, 0.29) is 12.1 Å². The number of ether oxygens (including phenoxy) is 2. The van der Waals surface area contributed by atoms with Crippen LogP contribution in [0.3, 0.4) is 0 Å². The fraction of sp³-hybridized carbons (Fsp3) is 0.438. The van der Waals surface area contributed by atoms with Gasteiger partial charge in [-0.2, -0.15) is 5.10 Å². The van der Waals surface area contributed by atoms with E-state index in [2.05, 4.69) is 20.5 Å². The fourth-order valence-electron chi connectivity index (χ4n) is 2.46. The van der Waals surface area contributed by atoms with Gasteiger partial charge in [0.05, 0.1) is 11.9 Å². The molecule has 0 saturated heterocycles. The van der Waals surface area contributed by atoms with Crippen LogP contribution in [-0.4, -0.2) is 41.0 Å². The third-order valence-electron chi connectivity index (χ3n) is 3.60. The molecule has 1 aliphatic rings. The molecule has 0 fully saturated rings.